The van der Waals surface area contributed by atoms with Gasteiger partial charge in [0, 0.05) is 10.5 Å². The number of nitrogens with one attached hydrogen (secondary N) is 1. The monoisotopic (exact) mass is 394 g/mol. The first kappa shape index (κ1) is 19.5. The van der Waals surface area contributed by atoms with Crippen molar-refractivity contribution in [3.8, 4) is 5.75 Å². The van der Waals surface area contributed by atoms with Gasteiger partial charge in [0.25, 0.3) is 5.92 Å². The molecule has 0 radical (unpaired) electrons. The first-order chi connectivity index (χ1) is 8.72. The number of halogens is 4. The molecule has 0 aromatic heterocycles. The number of rotatable bonds is 6. The van der Waals surface area contributed by atoms with Crippen LogP contribution in [-0.2, 0) is 10.0 Å². The molecule has 10 heteroatoms. The van der Waals surface area contributed by atoms with Crippen LogP contribution in [0, 0.1) is 0 Å². The van der Waals surface area contributed by atoms with Crippen molar-refractivity contribution in [1.82, 2.24) is 4.72 Å². The van der Waals surface area contributed by atoms with E-state index in [1.165, 1.54) is 25.3 Å². The van der Waals surface area contributed by atoms with Crippen LogP contribution in [0.2, 0.25) is 0 Å². The van der Waals surface area contributed by atoms with E-state index in [2.05, 4.69) is 15.9 Å². The number of benzene rings is 1. The van der Waals surface area contributed by atoms with E-state index in [0.29, 0.717) is 5.75 Å². The van der Waals surface area contributed by atoms with Crippen LogP contribution in [-0.4, -0.2) is 34.5 Å². The average Bonchev–Trinajstić information content (AvgIpc) is 2.37. The molecule has 1 rings (SSSR count). The smallest absolute Gasteiger partial charge is 0.273 e. The van der Waals surface area contributed by atoms with Crippen LogP contribution in [0.4, 0.5) is 8.78 Å². The van der Waals surface area contributed by atoms with Gasteiger partial charge in [0.1, 0.15) is 5.75 Å². The lowest BCUT2D eigenvalue weighted by molar-refractivity contribution is 0.0170. The Morgan fingerprint density at radius 2 is 2.05 bits per heavy atom. The van der Waals surface area contributed by atoms with E-state index in [4.69, 9.17) is 10.5 Å². The van der Waals surface area contributed by atoms with Crippen LogP contribution in [0.3, 0.4) is 0 Å². The Morgan fingerprint density at radius 3 is 2.55 bits per heavy atom. The van der Waals surface area contributed by atoms with Gasteiger partial charge in [-0.25, -0.2) is 21.9 Å². The standard InChI is InChI=1S/C10H13BrF2N2O3S.ClH/c1-18-7-2-3-8(11)9(4-7)19(16,17)15-6-10(12,13)5-14;/h2-4,15H,5-6,14H2,1H3;1H. The summed E-state index contributed by atoms with van der Waals surface area (Å²) in [6.45, 7) is -2.00. The van der Waals surface area contributed by atoms with Crippen LogP contribution < -0.4 is 15.2 Å². The zero-order valence-electron chi connectivity index (χ0n) is 10.4. The van der Waals surface area contributed by atoms with E-state index in [-0.39, 0.29) is 21.8 Å². The first-order valence-electron chi connectivity index (χ1n) is 5.13. The molecule has 3 N–H and O–H groups in total. The van der Waals surface area contributed by atoms with Gasteiger partial charge in [0.15, 0.2) is 0 Å². The zero-order chi connectivity index (χ0) is 14.7. The number of hydrogen-bond donors (Lipinski definition) is 2. The van der Waals surface area contributed by atoms with Gasteiger partial charge in [0.05, 0.1) is 25.1 Å². The summed E-state index contributed by atoms with van der Waals surface area (Å²) >= 11 is 3.05. The number of sulfonamides is 1. The van der Waals surface area contributed by atoms with Gasteiger partial charge in [-0.2, -0.15) is 0 Å². The molecule has 20 heavy (non-hydrogen) atoms. The first-order valence-corrected chi connectivity index (χ1v) is 7.40. The van der Waals surface area contributed by atoms with E-state index in [0.717, 1.165) is 0 Å². The number of ether oxygens (including phenoxy) is 1. The predicted molar refractivity (Wildman–Crippen MR) is 77.1 cm³/mol. The molecule has 0 unspecified atom stereocenters. The molecule has 0 saturated heterocycles. The number of methoxy groups -OCH3 is 1. The van der Waals surface area contributed by atoms with Crippen molar-refractivity contribution >= 4 is 38.4 Å². The van der Waals surface area contributed by atoms with Crippen LogP contribution in [0.5, 0.6) is 5.75 Å². The normalized spacial score (nSPS) is 11.8. The SMILES string of the molecule is COc1ccc(Br)c(S(=O)(=O)NCC(F)(F)CN)c1.Cl. The van der Waals surface area contributed by atoms with Gasteiger partial charge >= 0.3 is 0 Å². The molecular weight excluding hydrogens is 382 g/mol. The molecule has 0 bridgehead atoms. The van der Waals surface area contributed by atoms with Crippen LogP contribution >= 0.6 is 28.3 Å². The van der Waals surface area contributed by atoms with Gasteiger partial charge in [-0.15, -0.1) is 12.4 Å². The van der Waals surface area contributed by atoms with Gasteiger partial charge in [0.2, 0.25) is 10.0 Å². The Labute approximate surface area is 130 Å². The number of hydrogen-bond acceptors (Lipinski definition) is 4. The third-order valence-corrected chi connectivity index (χ3v) is 4.64. The van der Waals surface area contributed by atoms with Crippen molar-refractivity contribution in [2.24, 2.45) is 5.73 Å². The molecule has 0 saturated carbocycles. The quantitative estimate of drug-likeness (QED) is 0.769. The van der Waals surface area contributed by atoms with Crippen LogP contribution in [0.15, 0.2) is 27.6 Å². The highest BCUT2D eigenvalue weighted by molar-refractivity contribution is 9.10. The molecule has 0 spiro atoms. The lowest BCUT2D eigenvalue weighted by atomic mass is 10.3. The molecular formula is C10H14BrClF2N2O3S. The molecule has 1 aromatic rings. The molecule has 0 amide bonds. The zero-order valence-corrected chi connectivity index (χ0v) is 13.6. The summed E-state index contributed by atoms with van der Waals surface area (Å²) in [5, 5.41) is 0. The number of nitrogens with two attached hydrogens (primary N) is 1. The lowest BCUT2D eigenvalue weighted by Crippen LogP contribution is -2.41. The maximum atomic E-state index is 13.0. The summed E-state index contributed by atoms with van der Waals surface area (Å²) in [6.07, 6.45) is 0. The Kier molecular flexibility index (Phi) is 7.33. The van der Waals surface area contributed by atoms with Gasteiger partial charge in [-0.05, 0) is 28.1 Å². The van der Waals surface area contributed by atoms with E-state index < -0.39 is 29.0 Å². The fourth-order valence-electron chi connectivity index (χ4n) is 1.17. The topological polar surface area (TPSA) is 81.4 Å². The third kappa shape index (κ3) is 5.13. The molecule has 0 heterocycles. The minimum atomic E-state index is -4.08. The Hall–Kier alpha value is -0.480. The molecule has 116 valence electrons. The fourth-order valence-corrected chi connectivity index (χ4v) is 3.21. The van der Waals surface area contributed by atoms with E-state index in [9.17, 15) is 17.2 Å². The highest BCUT2D eigenvalue weighted by Crippen LogP contribution is 2.26. The summed E-state index contributed by atoms with van der Waals surface area (Å²) in [5.74, 6) is -2.99. The van der Waals surface area contributed by atoms with Gasteiger partial charge < -0.3 is 10.5 Å². The summed E-state index contributed by atoms with van der Waals surface area (Å²) in [7, 11) is -2.71. The summed E-state index contributed by atoms with van der Waals surface area (Å²) < 4.78 is 56.7. The Balaban J connectivity index is 0.00000361. The van der Waals surface area contributed by atoms with Crippen LogP contribution in [0.25, 0.3) is 0 Å². The van der Waals surface area contributed by atoms with E-state index in [1.807, 2.05) is 4.72 Å². The predicted octanol–water partition coefficient (Wildman–Crippen LogP) is 1.75. The second-order valence-electron chi connectivity index (χ2n) is 3.68. The molecule has 5 nitrogen and oxygen atoms in total. The summed E-state index contributed by atoms with van der Waals surface area (Å²) in [5.41, 5.74) is 4.84. The van der Waals surface area contributed by atoms with Crippen molar-refractivity contribution in [3.05, 3.63) is 22.7 Å². The van der Waals surface area contributed by atoms with Crippen molar-refractivity contribution in [2.75, 3.05) is 20.2 Å². The van der Waals surface area contributed by atoms with Crippen molar-refractivity contribution < 1.29 is 21.9 Å². The lowest BCUT2D eigenvalue weighted by Gasteiger charge is -2.15. The fraction of sp³-hybridized carbons (Fsp3) is 0.400. The molecule has 0 aliphatic rings. The highest BCUT2D eigenvalue weighted by Gasteiger charge is 2.30. The van der Waals surface area contributed by atoms with Gasteiger partial charge in [-0.1, -0.05) is 0 Å². The van der Waals surface area contributed by atoms with Gasteiger partial charge in [-0.3, -0.25) is 0 Å². The summed E-state index contributed by atoms with van der Waals surface area (Å²) in [6, 6.07) is 4.22. The Morgan fingerprint density at radius 1 is 1.45 bits per heavy atom. The second kappa shape index (κ2) is 7.51. The molecule has 0 aliphatic heterocycles. The largest absolute Gasteiger partial charge is 0.497 e. The molecule has 0 fully saturated rings. The molecule has 0 atom stereocenters. The highest BCUT2D eigenvalue weighted by atomic mass is 79.9. The van der Waals surface area contributed by atoms with Crippen molar-refractivity contribution in [1.29, 1.82) is 0 Å². The molecule has 1 aromatic carbocycles. The number of alkyl halides is 2. The van der Waals surface area contributed by atoms with Crippen molar-refractivity contribution in [2.45, 2.75) is 10.8 Å². The average molecular weight is 396 g/mol. The van der Waals surface area contributed by atoms with Crippen LogP contribution in [0.1, 0.15) is 0 Å². The minimum Gasteiger partial charge on any atom is -0.497 e. The second-order valence-corrected chi connectivity index (χ2v) is 6.27. The van der Waals surface area contributed by atoms with E-state index in [1.54, 1.807) is 0 Å². The molecule has 0 aliphatic carbocycles. The maximum Gasteiger partial charge on any atom is 0.273 e. The van der Waals surface area contributed by atoms with Crippen molar-refractivity contribution in [3.63, 3.8) is 0 Å². The minimum absolute atomic E-state index is 0. The Bertz CT molecular complexity index is 557. The van der Waals surface area contributed by atoms with E-state index >= 15 is 0 Å². The summed E-state index contributed by atoms with van der Waals surface area (Å²) in [4.78, 5) is -0.181. The third-order valence-electron chi connectivity index (χ3n) is 2.25. The maximum absolute atomic E-state index is 13.0.